The molecule has 0 saturated heterocycles. The summed E-state index contributed by atoms with van der Waals surface area (Å²) in [5.41, 5.74) is 1.39. The Balaban J connectivity index is 1.71. The third-order valence-corrected chi connectivity index (χ3v) is 6.29. The number of carbonyl (C=O) groups excluding carboxylic acids is 1. The first kappa shape index (κ1) is 21.5. The van der Waals surface area contributed by atoms with Gasteiger partial charge in [0.25, 0.3) is 0 Å². The van der Waals surface area contributed by atoms with Gasteiger partial charge in [-0.1, -0.05) is 12.1 Å². The van der Waals surface area contributed by atoms with Gasteiger partial charge in [0.1, 0.15) is 5.75 Å². The van der Waals surface area contributed by atoms with E-state index in [1.165, 1.54) is 26.2 Å². The van der Waals surface area contributed by atoms with Gasteiger partial charge in [0.15, 0.2) is 0 Å². The van der Waals surface area contributed by atoms with Gasteiger partial charge in [-0.15, -0.1) is 10.2 Å². The van der Waals surface area contributed by atoms with Crippen molar-refractivity contribution in [3.8, 4) is 17.2 Å². The molecule has 1 atom stereocenters. The van der Waals surface area contributed by atoms with E-state index in [2.05, 4.69) is 15.5 Å². The summed E-state index contributed by atoms with van der Waals surface area (Å²) in [4.78, 5) is 12.6. The zero-order valence-electron chi connectivity index (χ0n) is 17.0. The Kier molecular flexibility index (Phi) is 6.18. The molecule has 30 heavy (non-hydrogen) atoms. The molecule has 3 aromatic rings. The van der Waals surface area contributed by atoms with Crippen LogP contribution >= 0.6 is 0 Å². The van der Waals surface area contributed by atoms with E-state index < -0.39 is 15.9 Å². The van der Waals surface area contributed by atoms with Gasteiger partial charge in [-0.3, -0.25) is 4.79 Å². The number of amides is 1. The molecule has 3 rings (SSSR count). The summed E-state index contributed by atoms with van der Waals surface area (Å²) in [6, 6.07) is 13.0. The van der Waals surface area contributed by atoms with Crippen molar-refractivity contribution in [3.63, 3.8) is 0 Å². The van der Waals surface area contributed by atoms with E-state index in [0.29, 0.717) is 5.56 Å². The summed E-state index contributed by atoms with van der Waals surface area (Å²) in [5.74, 6) is 0.147. The van der Waals surface area contributed by atoms with Crippen LogP contribution in [0.2, 0.25) is 0 Å². The highest BCUT2D eigenvalue weighted by molar-refractivity contribution is 7.89. The van der Waals surface area contributed by atoms with Crippen molar-refractivity contribution in [3.05, 3.63) is 60.0 Å². The molecule has 0 spiro atoms. The Morgan fingerprint density at radius 3 is 2.27 bits per heavy atom. The SMILES string of the molecule is COc1ccc(C(C)NC(=O)c2nnc(-c3ccc(S(=O)(=O)N(C)C)cc3)o2)cc1. The minimum Gasteiger partial charge on any atom is -0.497 e. The molecule has 2 aromatic carbocycles. The van der Waals surface area contributed by atoms with Crippen LogP contribution < -0.4 is 10.1 Å². The highest BCUT2D eigenvalue weighted by Crippen LogP contribution is 2.22. The zero-order chi connectivity index (χ0) is 21.9. The quantitative estimate of drug-likeness (QED) is 0.612. The molecule has 0 saturated carbocycles. The lowest BCUT2D eigenvalue weighted by Crippen LogP contribution is -2.26. The normalized spacial score (nSPS) is 12.6. The number of nitrogens with zero attached hydrogens (tertiary/aromatic N) is 3. The van der Waals surface area contributed by atoms with Crippen molar-refractivity contribution in [2.24, 2.45) is 0 Å². The third-order valence-electron chi connectivity index (χ3n) is 4.46. The minimum absolute atomic E-state index is 0.117. The van der Waals surface area contributed by atoms with Gasteiger partial charge in [0.05, 0.1) is 18.0 Å². The molecule has 0 radical (unpaired) electrons. The van der Waals surface area contributed by atoms with E-state index in [1.54, 1.807) is 19.2 Å². The number of carbonyl (C=O) groups is 1. The first-order valence-corrected chi connectivity index (χ1v) is 10.5. The van der Waals surface area contributed by atoms with Crippen LogP contribution in [-0.4, -0.2) is 50.0 Å². The largest absolute Gasteiger partial charge is 0.497 e. The van der Waals surface area contributed by atoms with E-state index in [-0.39, 0.29) is 22.7 Å². The molecule has 0 fully saturated rings. The Morgan fingerprint density at radius 1 is 1.07 bits per heavy atom. The molecule has 0 bridgehead atoms. The number of hydrogen-bond donors (Lipinski definition) is 1. The van der Waals surface area contributed by atoms with Crippen molar-refractivity contribution in [1.82, 2.24) is 19.8 Å². The lowest BCUT2D eigenvalue weighted by atomic mass is 10.1. The Labute approximate surface area is 174 Å². The maximum Gasteiger partial charge on any atom is 0.309 e. The van der Waals surface area contributed by atoms with Crippen molar-refractivity contribution in [1.29, 1.82) is 0 Å². The lowest BCUT2D eigenvalue weighted by Gasteiger charge is -2.13. The van der Waals surface area contributed by atoms with Crippen LogP contribution in [0.1, 0.15) is 29.2 Å². The van der Waals surface area contributed by atoms with Gasteiger partial charge in [-0.05, 0) is 48.9 Å². The molecule has 1 heterocycles. The average molecular weight is 430 g/mol. The predicted molar refractivity (Wildman–Crippen MR) is 109 cm³/mol. The summed E-state index contributed by atoms with van der Waals surface area (Å²) in [6.45, 7) is 1.83. The van der Waals surface area contributed by atoms with Crippen molar-refractivity contribution in [2.45, 2.75) is 17.9 Å². The number of rotatable bonds is 7. The molecule has 158 valence electrons. The highest BCUT2D eigenvalue weighted by Gasteiger charge is 2.20. The average Bonchev–Trinajstić information content (AvgIpc) is 3.24. The first-order valence-electron chi connectivity index (χ1n) is 9.03. The lowest BCUT2D eigenvalue weighted by molar-refractivity contribution is 0.0905. The standard InChI is InChI=1S/C20H22N4O5S/c1-13(14-5-9-16(28-4)10-6-14)21-18(25)20-23-22-19(29-20)15-7-11-17(12-8-15)30(26,27)24(2)3/h5-13H,1-4H3,(H,21,25). The Bertz CT molecular complexity index is 1120. The van der Waals surface area contributed by atoms with Crippen molar-refractivity contribution in [2.75, 3.05) is 21.2 Å². The van der Waals surface area contributed by atoms with Gasteiger partial charge < -0.3 is 14.5 Å². The zero-order valence-corrected chi connectivity index (χ0v) is 17.8. The molecule has 1 aromatic heterocycles. The first-order chi connectivity index (χ1) is 14.2. The molecular formula is C20H22N4O5S. The number of ether oxygens (including phenoxy) is 1. The van der Waals surface area contributed by atoms with E-state index in [1.807, 2.05) is 31.2 Å². The summed E-state index contributed by atoms with van der Waals surface area (Å²) in [6.07, 6.45) is 0. The summed E-state index contributed by atoms with van der Waals surface area (Å²) >= 11 is 0. The molecule has 10 heteroatoms. The van der Waals surface area contributed by atoms with Gasteiger partial charge in [-0.25, -0.2) is 12.7 Å². The Hall–Kier alpha value is -3.24. The maximum atomic E-state index is 12.4. The monoisotopic (exact) mass is 430 g/mol. The van der Waals surface area contributed by atoms with E-state index in [9.17, 15) is 13.2 Å². The molecular weight excluding hydrogens is 408 g/mol. The second kappa shape index (κ2) is 8.64. The molecule has 0 aliphatic heterocycles. The number of aromatic nitrogens is 2. The number of nitrogens with one attached hydrogen (secondary N) is 1. The molecule has 9 nitrogen and oxygen atoms in total. The minimum atomic E-state index is -3.53. The second-order valence-corrected chi connectivity index (χ2v) is 8.84. The summed E-state index contributed by atoms with van der Waals surface area (Å²) < 4.78 is 36.0. The van der Waals surface area contributed by atoms with Gasteiger partial charge in [-0.2, -0.15) is 0 Å². The van der Waals surface area contributed by atoms with Crippen LogP contribution in [0.3, 0.4) is 0 Å². The Morgan fingerprint density at radius 2 is 1.70 bits per heavy atom. The topological polar surface area (TPSA) is 115 Å². The number of sulfonamides is 1. The van der Waals surface area contributed by atoms with Crippen LogP contribution in [0, 0.1) is 0 Å². The fraction of sp³-hybridized carbons (Fsp3) is 0.250. The third kappa shape index (κ3) is 4.50. The summed E-state index contributed by atoms with van der Waals surface area (Å²) in [7, 11) is 0.967. The van der Waals surface area contributed by atoms with Crippen LogP contribution in [-0.2, 0) is 10.0 Å². The fourth-order valence-electron chi connectivity index (χ4n) is 2.65. The molecule has 0 aliphatic carbocycles. The summed E-state index contributed by atoms with van der Waals surface area (Å²) in [5, 5.41) is 10.5. The maximum absolute atomic E-state index is 12.4. The van der Waals surface area contributed by atoms with E-state index in [4.69, 9.17) is 9.15 Å². The van der Waals surface area contributed by atoms with Crippen LogP contribution in [0.15, 0.2) is 57.8 Å². The van der Waals surface area contributed by atoms with Gasteiger partial charge in [0.2, 0.25) is 15.9 Å². The predicted octanol–water partition coefficient (Wildman–Crippen LogP) is 2.49. The van der Waals surface area contributed by atoms with Gasteiger partial charge >= 0.3 is 11.8 Å². The van der Waals surface area contributed by atoms with Gasteiger partial charge in [0, 0.05) is 19.7 Å². The van der Waals surface area contributed by atoms with Crippen LogP contribution in [0.4, 0.5) is 0 Å². The van der Waals surface area contributed by atoms with Crippen LogP contribution in [0.5, 0.6) is 5.75 Å². The number of benzene rings is 2. The fourth-order valence-corrected chi connectivity index (χ4v) is 3.55. The number of methoxy groups -OCH3 is 1. The number of hydrogen-bond acceptors (Lipinski definition) is 7. The molecule has 1 N–H and O–H groups in total. The van der Waals surface area contributed by atoms with E-state index >= 15 is 0 Å². The van der Waals surface area contributed by atoms with Crippen LogP contribution in [0.25, 0.3) is 11.5 Å². The molecule has 1 unspecified atom stereocenters. The molecule has 0 aliphatic rings. The molecule has 1 amide bonds. The van der Waals surface area contributed by atoms with Crippen molar-refractivity contribution < 1.29 is 22.4 Å². The second-order valence-electron chi connectivity index (χ2n) is 6.69. The van der Waals surface area contributed by atoms with E-state index in [0.717, 1.165) is 15.6 Å². The highest BCUT2D eigenvalue weighted by atomic mass is 32.2. The van der Waals surface area contributed by atoms with Crippen molar-refractivity contribution >= 4 is 15.9 Å². The smallest absolute Gasteiger partial charge is 0.309 e.